The van der Waals surface area contributed by atoms with Gasteiger partial charge in [-0.05, 0) is 0 Å². The molecule has 0 bridgehead atoms. The van der Waals surface area contributed by atoms with Gasteiger partial charge in [0.2, 0.25) is 0 Å². The summed E-state index contributed by atoms with van der Waals surface area (Å²) in [5.41, 5.74) is 2.93. The van der Waals surface area contributed by atoms with E-state index in [1.54, 1.807) is 4.46 Å². The molecule has 2 atom stereocenters. The second-order valence-corrected chi connectivity index (χ2v) is 12.6. The van der Waals surface area contributed by atoms with Gasteiger partial charge in [-0.1, -0.05) is 0 Å². The van der Waals surface area contributed by atoms with E-state index in [9.17, 15) is 0 Å². The third-order valence-electron chi connectivity index (χ3n) is 3.93. The summed E-state index contributed by atoms with van der Waals surface area (Å²) < 4.78 is 1.56. The van der Waals surface area contributed by atoms with E-state index in [2.05, 4.69) is 99.5 Å². The summed E-state index contributed by atoms with van der Waals surface area (Å²) in [7, 11) is 8.71. The van der Waals surface area contributed by atoms with Gasteiger partial charge in [-0.25, -0.2) is 0 Å². The van der Waals surface area contributed by atoms with Crippen molar-refractivity contribution in [2.45, 2.75) is 17.9 Å². The molecule has 2 rings (SSSR count). The summed E-state index contributed by atoms with van der Waals surface area (Å²) in [4.78, 5) is 5.21. The van der Waals surface area contributed by atoms with E-state index >= 15 is 0 Å². The fourth-order valence-corrected chi connectivity index (χ4v) is 11.5. The molecule has 2 nitrogen and oxygen atoms in total. The van der Waals surface area contributed by atoms with Crippen LogP contribution in [-0.4, -0.2) is 64.3 Å². The van der Waals surface area contributed by atoms with Crippen molar-refractivity contribution in [3.8, 4) is 0 Å². The molecule has 0 saturated carbocycles. The van der Waals surface area contributed by atoms with E-state index in [4.69, 9.17) is 0 Å². The molecule has 0 spiro atoms. The van der Waals surface area contributed by atoms with Crippen LogP contribution in [0.5, 0.6) is 0 Å². The average molecular weight is 440 g/mol. The predicted octanol–water partition coefficient (Wildman–Crippen LogP) is 2.52. The second-order valence-electron chi connectivity index (χ2n) is 6.08. The summed E-state index contributed by atoms with van der Waals surface area (Å²) in [6.07, 6.45) is 0. The molecule has 0 aliphatic heterocycles. The Kier molecular flexibility index (Phi) is 7.36. The SMILES string of the molecule is C[C@@H](c1ccccc1[Se][Se][C@H](c1ccccc1)N(C)C)N(C)C. The molecule has 2 aromatic carbocycles. The van der Waals surface area contributed by atoms with Crippen molar-refractivity contribution < 1.29 is 0 Å². The van der Waals surface area contributed by atoms with Gasteiger partial charge in [0.1, 0.15) is 0 Å². The first kappa shape index (κ1) is 18.7. The van der Waals surface area contributed by atoms with Crippen LogP contribution >= 0.6 is 0 Å². The number of hydrogen-bond donors (Lipinski definition) is 0. The van der Waals surface area contributed by atoms with Gasteiger partial charge in [0.25, 0.3) is 0 Å². The monoisotopic (exact) mass is 442 g/mol. The van der Waals surface area contributed by atoms with Gasteiger partial charge in [0.15, 0.2) is 0 Å². The van der Waals surface area contributed by atoms with Gasteiger partial charge >= 0.3 is 152 Å². The molecule has 2 aromatic rings. The van der Waals surface area contributed by atoms with Crippen molar-refractivity contribution in [2.24, 2.45) is 0 Å². The van der Waals surface area contributed by atoms with E-state index < -0.39 is 0 Å². The van der Waals surface area contributed by atoms with Gasteiger partial charge < -0.3 is 0 Å². The molecule has 0 aliphatic rings. The van der Waals surface area contributed by atoms with Crippen molar-refractivity contribution in [3.05, 3.63) is 65.7 Å². The first-order valence-electron chi connectivity index (χ1n) is 7.80. The topological polar surface area (TPSA) is 6.48 Å². The molecule has 0 fully saturated rings. The number of hydrogen-bond acceptors (Lipinski definition) is 2. The molecule has 0 radical (unpaired) electrons. The van der Waals surface area contributed by atoms with Crippen molar-refractivity contribution in [1.29, 1.82) is 0 Å². The van der Waals surface area contributed by atoms with Crippen LogP contribution in [0, 0.1) is 0 Å². The van der Waals surface area contributed by atoms with Crippen LogP contribution in [0.3, 0.4) is 0 Å². The molecular weight excluding hydrogens is 414 g/mol. The molecule has 0 aromatic heterocycles. The van der Waals surface area contributed by atoms with Crippen molar-refractivity contribution in [3.63, 3.8) is 0 Å². The fourth-order valence-electron chi connectivity index (χ4n) is 2.33. The number of benzene rings is 2. The van der Waals surface area contributed by atoms with Gasteiger partial charge in [0.05, 0.1) is 0 Å². The predicted molar refractivity (Wildman–Crippen MR) is 103 cm³/mol. The van der Waals surface area contributed by atoms with E-state index in [1.807, 2.05) is 0 Å². The Bertz CT molecular complexity index is 599. The van der Waals surface area contributed by atoms with Crippen LogP contribution in [-0.2, 0) is 0 Å². The second kappa shape index (κ2) is 9.03. The Hall–Kier alpha value is -0.601. The van der Waals surface area contributed by atoms with E-state index in [0.29, 0.717) is 37.2 Å². The van der Waals surface area contributed by atoms with Crippen LogP contribution in [0.25, 0.3) is 0 Å². The standard InChI is InChI=1S/C19H26N2Se2/c1-15(20(2)3)17-13-9-10-14-18(17)22-23-19(21(4)5)16-11-7-6-8-12-16/h6-15,19H,1-5H3/t15-,19+/m0/s1. The average Bonchev–Trinajstić information content (AvgIpc) is 2.55. The van der Waals surface area contributed by atoms with Crippen LogP contribution in [0.4, 0.5) is 0 Å². The van der Waals surface area contributed by atoms with Crippen LogP contribution in [0.2, 0.25) is 0 Å². The molecule has 0 saturated heterocycles. The Morgan fingerprint density at radius 1 is 0.783 bits per heavy atom. The molecule has 0 N–H and O–H groups in total. The minimum absolute atomic E-state index is 0.471. The molecule has 23 heavy (non-hydrogen) atoms. The Morgan fingerprint density at radius 2 is 1.39 bits per heavy atom. The van der Waals surface area contributed by atoms with Gasteiger partial charge in [-0.3, -0.25) is 0 Å². The molecule has 0 aliphatic carbocycles. The maximum atomic E-state index is 2.37. The zero-order valence-electron chi connectivity index (χ0n) is 14.6. The molecule has 0 heterocycles. The third-order valence-corrected chi connectivity index (χ3v) is 12.1. The zero-order valence-corrected chi connectivity index (χ0v) is 18.0. The Morgan fingerprint density at radius 3 is 2.00 bits per heavy atom. The van der Waals surface area contributed by atoms with Gasteiger partial charge in [-0.15, -0.1) is 0 Å². The van der Waals surface area contributed by atoms with Crippen LogP contribution < -0.4 is 4.46 Å². The van der Waals surface area contributed by atoms with Crippen molar-refractivity contribution in [2.75, 3.05) is 28.2 Å². The summed E-state index contributed by atoms with van der Waals surface area (Å²) in [6.45, 7) is 2.29. The third kappa shape index (κ3) is 5.19. The molecule has 124 valence electrons. The zero-order chi connectivity index (χ0) is 16.8. The summed E-state index contributed by atoms with van der Waals surface area (Å²) in [5, 5.41) is 0. The normalized spacial score (nSPS) is 14.2. The van der Waals surface area contributed by atoms with Gasteiger partial charge in [-0.2, -0.15) is 0 Å². The molecule has 0 amide bonds. The Balaban J connectivity index is 2.16. The fraction of sp³-hybridized carbons (Fsp3) is 0.368. The van der Waals surface area contributed by atoms with Crippen LogP contribution in [0.15, 0.2) is 54.6 Å². The first-order valence-corrected chi connectivity index (χ1v) is 14.0. The molecule has 4 heteroatoms. The maximum absolute atomic E-state index is 2.37. The molecule has 0 unspecified atom stereocenters. The number of rotatable bonds is 7. The van der Waals surface area contributed by atoms with Gasteiger partial charge in [0, 0.05) is 0 Å². The van der Waals surface area contributed by atoms with Crippen molar-refractivity contribution in [1.82, 2.24) is 9.80 Å². The van der Waals surface area contributed by atoms with E-state index in [-0.39, 0.29) is 0 Å². The minimum atomic E-state index is 0.471. The van der Waals surface area contributed by atoms with E-state index in [1.165, 1.54) is 11.1 Å². The summed E-state index contributed by atoms with van der Waals surface area (Å²) in [6, 6.07) is 20.4. The quantitative estimate of drug-likeness (QED) is 0.611. The van der Waals surface area contributed by atoms with Crippen molar-refractivity contribution >= 4 is 30.7 Å². The molecular formula is C19H26N2Se2. The first-order chi connectivity index (χ1) is 11.0. The van der Waals surface area contributed by atoms with Crippen LogP contribution in [0.1, 0.15) is 29.0 Å². The van der Waals surface area contributed by atoms with E-state index in [0.717, 1.165) is 0 Å². The Labute approximate surface area is 152 Å². The summed E-state index contributed by atoms with van der Waals surface area (Å²) in [5.74, 6) is 0. The summed E-state index contributed by atoms with van der Waals surface area (Å²) >= 11 is 1.08. The number of nitrogens with zero attached hydrogens (tertiary/aromatic N) is 2.